The number of hydrogen-bond acceptors (Lipinski definition) is 3. The lowest BCUT2D eigenvalue weighted by molar-refractivity contribution is -0.140. The molecular formula is C15H22N2O2. The summed E-state index contributed by atoms with van der Waals surface area (Å²) in [5.41, 5.74) is 1.30. The second kappa shape index (κ2) is 5.29. The van der Waals surface area contributed by atoms with Crippen molar-refractivity contribution in [3.8, 4) is 0 Å². The molecule has 0 spiro atoms. The molecule has 0 radical (unpaired) electrons. The van der Waals surface area contributed by atoms with Gasteiger partial charge in [-0.2, -0.15) is 0 Å². The van der Waals surface area contributed by atoms with E-state index in [1.54, 1.807) is 27.2 Å². The summed E-state index contributed by atoms with van der Waals surface area (Å²) in [6.07, 6.45) is 4.09. The van der Waals surface area contributed by atoms with Crippen molar-refractivity contribution in [1.82, 2.24) is 10.3 Å². The summed E-state index contributed by atoms with van der Waals surface area (Å²) in [7, 11) is 1.55. The molecular weight excluding hydrogens is 240 g/mol. The molecule has 1 aromatic heterocycles. The Kier molecular flexibility index (Phi) is 3.90. The van der Waals surface area contributed by atoms with Crippen molar-refractivity contribution in [2.75, 3.05) is 7.11 Å². The summed E-state index contributed by atoms with van der Waals surface area (Å²) in [5.74, 6) is 0.418. The standard InChI is InChI=1S/C15H22N2O2/c1-10-7-8-16-12(9-10)13(11-5-6-11)17-14(18)15(2,3)19-4/h7-9,11,13H,5-6H2,1-4H3,(H,17,18)/t13-/m0/s1. The maximum Gasteiger partial charge on any atom is 0.252 e. The fraction of sp³-hybridized carbons (Fsp3) is 0.600. The molecule has 0 bridgehead atoms. The number of ether oxygens (including phenoxy) is 1. The Morgan fingerprint density at radius 2 is 2.21 bits per heavy atom. The smallest absolute Gasteiger partial charge is 0.252 e. The lowest BCUT2D eigenvalue weighted by Gasteiger charge is -2.26. The summed E-state index contributed by atoms with van der Waals surface area (Å²) >= 11 is 0. The number of nitrogens with one attached hydrogen (secondary N) is 1. The molecule has 0 aliphatic heterocycles. The Morgan fingerprint density at radius 1 is 1.53 bits per heavy atom. The van der Waals surface area contributed by atoms with Gasteiger partial charge in [-0.05, 0) is 57.2 Å². The van der Waals surface area contributed by atoms with Crippen LogP contribution in [-0.4, -0.2) is 23.6 Å². The lowest BCUT2D eigenvalue weighted by Crippen LogP contribution is -2.45. The van der Waals surface area contributed by atoms with Crippen molar-refractivity contribution in [2.24, 2.45) is 5.92 Å². The van der Waals surface area contributed by atoms with Crippen molar-refractivity contribution >= 4 is 5.91 Å². The van der Waals surface area contributed by atoms with Crippen molar-refractivity contribution in [2.45, 2.75) is 45.3 Å². The minimum atomic E-state index is -0.809. The third-order valence-corrected chi connectivity index (χ3v) is 3.69. The molecule has 1 aliphatic carbocycles. The molecule has 1 aliphatic rings. The molecule has 19 heavy (non-hydrogen) atoms. The molecule has 4 nitrogen and oxygen atoms in total. The Bertz CT molecular complexity index is 467. The fourth-order valence-corrected chi connectivity index (χ4v) is 2.00. The first kappa shape index (κ1) is 14.0. The maximum atomic E-state index is 12.2. The number of amides is 1. The second-order valence-electron chi connectivity index (χ2n) is 5.76. The van der Waals surface area contributed by atoms with E-state index >= 15 is 0 Å². The minimum absolute atomic E-state index is 0.00169. The highest BCUT2D eigenvalue weighted by atomic mass is 16.5. The third-order valence-electron chi connectivity index (χ3n) is 3.69. The van der Waals surface area contributed by atoms with E-state index in [4.69, 9.17) is 4.74 Å². The number of rotatable bonds is 5. The van der Waals surface area contributed by atoms with E-state index in [2.05, 4.69) is 10.3 Å². The van der Waals surface area contributed by atoms with E-state index in [9.17, 15) is 4.79 Å². The predicted molar refractivity (Wildman–Crippen MR) is 73.7 cm³/mol. The van der Waals surface area contributed by atoms with E-state index in [0.717, 1.165) is 24.1 Å². The molecule has 1 aromatic rings. The van der Waals surface area contributed by atoms with Gasteiger partial charge < -0.3 is 10.1 Å². The van der Waals surface area contributed by atoms with Crippen molar-refractivity contribution in [3.05, 3.63) is 29.6 Å². The number of nitrogens with zero attached hydrogens (tertiary/aromatic N) is 1. The number of carbonyl (C=O) groups is 1. The summed E-state index contributed by atoms with van der Waals surface area (Å²) in [6, 6.07) is 4.01. The van der Waals surface area contributed by atoms with Crippen LogP contribution in [0.4, 0.5) is 0 Å². The second-order valence-corrected chi connectivity index (χ2v) is 5.76. The molecule has 4 heteroatoms. The summed E-state index contributed by atoms with van der Waals surface area (Å²) in [6.45, 7) is 5.59. The van der Waals surface area contributed by atoms with Gasteiger partial charge in [-0.15, -0.1) is 0 Å². The topological polar surface area (TPSA) is 51.2 Å². The first-order valence-corrected chi connectivity index (χ1v) is 6.72. The van der Waals surface area contributed by atoms with E-state index in [-0.39, 0.29) is 11.9 Å². The van der Waals surface area contributed by atoms with E-state index < -0.39 is 5.60 Å². The Balaban J connectivity index is 2.16. The van der Waals surface area contributed by atoms with Crippen LogP contribution in [0.15, 0.2) is 18.3 Å². The maximum absolute atomic E-state index is 12.2. The molecule has 1 heterocycles. The monoisotopic (exact) mass is 262 g/mol. The SMILES string of the molecule is COC(C)(C)C(=O)N[C@H](c1cc(C)ccn1)C1CC1. The average Bonchev–Trinajstić information content (AvgIpc) is 3.19. The van der Waals surface area contributed by atoms with E-state index in [0.29, 0.717) is 5.92 Å². The number of methoxy groups -OCH3 is 1. The predicted octanol–water partition coefficient (Wildman–Crippen LogP) is 2.38. The number of pyridine rings is 1. The van der Waals surface area contributed by atoms with Crippen LogP contribution in [0.3, 0.4) is 0 Å². The molecule has 1 amide bonds. The largest absolute Gasteiger partial charge is 0.369 e. The Labute approximate surface area is 114 Å². The lowest BCUT2D eigenvalue weighted by atomic mass is 10.0. The molecule has 1 fully saturated rings. The highest BCUT2D eigenvalue weighted by molar-refractivity contribution is 5.84. The molecule has 1 N–H and O–H groups in total. The van der Waals surface area contributed by atoms with Crippen LogP contribution in [0.25, 0.3) is 0 Å². The van der Waals surface area contributed by atoms with Crippen LogP contribution in [0.5, 0.6) is 0 Å². The van der Waals surface area contributed by atoms with Crippen molar-refractivity contribution < 1.29 is 9.53 Å². The number of hydrogen-bond donors (Lipinski definition) is 1. The van der Waals surface area contributed by atoms with Gasteiger partial charge in [0.2, 0.25) is 0 Å². The molecule has 2 rings (SSSR count). The van der Waals surface area contributed by atoms with Crippen LogP contribution < -0.4 is 5.32 Å². The highest BCUT2D eigenvalue weighted by Gasteiger charge is 2.37. The fourth-order valence-electron chi connectivity index (χ4n) is 2.00. The average molecular weight is 262 g/mol. The number of aryl methyl sites for hydroxylation is 1. The quantitative estimate of drug-likeness (QED) is 0.886. The number of carbonyl (C=O) groups excluding carboxylic acids is 1. The molecule has 0 aromatic carbocycles. The highest BCUT2D eigenvalue weighted by Crippen LogP contribution is 2.40. The van der Waals surface area contributed by atoms with Crippen LogP contribution in [0.2, 0.25) is 0 Å². The zero-order valence-electron chi connectivity index (χ0n) is 12.1. The molecule has 1 atom stereocenters. The van der Waals surface area contributed by atoms with Crippen molar-refractivity contribution in [1.29, 1.82) is 0 Å². The Morgan fingerprint density at radius 3 is 2.74 bits per heavy atom. The van der Waals surface area contributed by atoms with Crippen LogP contribution in [0.1, 0.15) is 44.0 Å². The van der Waals surface area contributed by atoms with Gasteiger partial charge >= 0.3 is 0 Å². The normalized spacial score (nSPS) is 17.1. The minimum Gasteiger partial charge on any atom is -0.369 e. The molecule has 0 unspecified atom stereocenters. The van der Waals surface area contributed by atoms with Gasteiger partial charge in [0.05, 0.1) is 11.7 Å². The Hall–Kier alpha value is -1.42. The van der Waals surface area contributed by atoms with Crippen LogP contribution in [-0.2, 0) is 9.53 Å². The van der Waals surface area contributed by atoms with Gasteiger partial charge in [-0.25, -0.2) is 0 Å². The molecule has 1 saturated carbocycles. The molecule has 0 saturated heterocycles. The van der Waals surface area contributed by atoms with Crippen molar-refractivity contribution in [3.63, 3.8) is 0 Å². The summed E-state index contributed by atoms with van der Waals surface area (Å²) in [4.78, 5) is 16.6. The number of aromatic nitrogens is 1. The van der Waals surface area contributed by atoms with E-state index in [1.165, 1.54) is 0 Å². The van der Waals surface area contributed by atoms with Gasteiger partial charge in [0, 0.05) is 13.3 Å². The third kappa shape index (κ3) is 3.32. The zero-order valence-corrected chi connectivity index (χ0v) is 12.1. The summed E-state index contributed by atoms with van der Waals surface area (Å²) < 4.78 is 5.23. The first-order chi connectivity index (χ1) is 8.94. The molecule has 104 valence electrons. The van der Waals surface area contributed by atoms with Crippen LogP contribution in [0, 0.1) is 12.8 Å². The summed E-state index contributed by atoms with van der Waals surface area (Å²) in [5, 5.41) is 3.09. The van der Waals surface area contributed by atoms with Crippen LogP contribution >= 0.6 is 0 Å². The van der Waals surface area contributed by atoms with Gasteiger partial charge in [-0.1, -0.05) is 0 Å². The van der Waals surface area contributed by atoms with Gasteiger partial charge in [-0.3, -0.25) is 9.78 Å². The van der Waals surface area contributed by atoms with Gasteiger partial charge in [0.15, 0.2) is 0 Å². The van der Waals surface area contributed by atoms with Gasteiger partial charge in [0.25, 0.3) is 5.91 Å². The first-order valence-electron chi connectivity index (χ1n) is 6.72. The zero-order chi connectivity index (χ0) is 14.0. The van der Waals surface area contributed by atoms with Gasteiger partial charge in [0.1, 0.15) is 5.60 Å². The van der Waals surface area contributed by atoms with E-state index in [1.807, 2.05) is 19.1 Å².